The molecule has 1 rings (SSSR count). The van der Waals surface area contributed by atoms with Gasteiger partial charge in [0, 0.05) is 19.5 Å². The molecule has 2 nitrogen and oxygen atoms in total. The van der Waals surface area contributed by atoms with Crippen molar-refractivity contribution in [1.82, 2.24) is 4.90 Å². The van der Waals surface area contributed by atoms with E-state index in [1.807, 2.05) is 6.92 Å². The van der Waals surface area contributed by atoms with Crippen molar-refractivity contribution in [3.8, 4) is 11.8 Å². The van der Waals surface area contributed by atoms with Gasteiger partial charge in [0.1, 0.15) is 12.8 Å². The molecule has 1 heterocycles. The van der Waals surface area contributed by atoms with E-state index in [0.717, 1.165) is 32.4 Å². The molecule has 1 aliphatic rings. The molecule has 16 heavy (non-hydrogen) atoms. The molecule has 0 amide bonds. The number of alkyl halides is 1. The van der Waals surface area contributed by atoms with Crippen molar-refractivity contribution in [1.29, 1.82) is 0 Å². The van der Waals surface area contributed by atoms with E-state index in [-0.39, 0.29) is 6.10 Å². The van der Waals surface area contributed by atoms with E-state index in [1.165, 1.54) is 0 Å². The molecule has 1 aliphatic heterocycles. The standard InChI is InChI=1S/C13H22FNO/c1-3-5-6-10-16-13-7-9-15(8-4-2)11-12(13)14/h12-13H,3-4,7-11H2,1-2H3/t12-,13+/m1/s1. The van der Waals surface area contributed by atoms with Gasteiger partial charge in [-0.15, -0.1) is 5.92 Å². The van der Waals surface area contributed by atoms with Gasteiger partial charge in [0.05, 0.1) is 6.10 Å². The van der Waals surface area contributed by atoms with E-state index in [0.29, 0.717) is 13.2 Å². The quantitative estimate of drug-likeness (QED) is 0.683. The monoisotopic (exact) mass is 227 g/mol. The lowest BCUT2D eigenvalue weighted by molar-refractivity contribution is -0.0338. The Bertz CT molecular complexity index is 246. The Morgan fingerprint density at radius 3 is 2.81 bits per heavy atom. The lowest BCUT2D eigenvalue weighted by Gasteiger charge is -2.33. The Morgan fingerprint density at radius 1 is 1.38 bits per heavy atom. The van der Waals surface area contributed by atoms with Gasteiger partial charge in [-0.2, -0.15) is 0 Å². The van der Waals surface area contributed by atoms with Crippen LogP contribution in [0.4, 0.5) is 4.39 Å². The minimum absolute atomic E-state index is 0.251. The molecular weight excluding hydrogens is 205 g/mol. The molecule has 0 N–H and O–H groups in total. The zero-order chi connectivity index (χ0) is 11.8. The summed E-state index contributed by atoms with van der Waals surface area (Å²) < 4.78 is 19.2. The van der Waals surface area contributed by atoms with Crippen LogP contribution in [-0.2, 0) is 4.74 Å². The van der Waals surface area contributed by atoms with Gasteiger partial charge in [-0.25, -0.2) is 4.39 Å². The average Bonchev–Trinajstić information content (AvgIpc) is 2.27. The third-order valence-corrected chi connectivity index (χ3v) is 2.78. The highest BCUT2D eigenvalue weighted by Crippen LogP contribution is 2.17. The first-order chi connectivity index (χ1) is 7.77. The third-order valence-electron chi connectivity index (χ3n) is 2.78. The van der Waals surface area contributed by atoms with E-state index in [4.69, 9.17) is 4.74 Å². The number of halogens is 1. The van der Waals surface area contributed by atoms with Crippen molar-refractivity contribution in [2.75, 3.05) is 26.2 Å². The summed E-state index contributed by atoms with van der Waals surface area (Å²) in [5, 5.41) is 0. The fourth-order valence-corrected chi connectivity index (χ4v) is 1.98. The van der Waals surface area contributed by atoms with Gasteiger partial charge < -0.3 is 9.64 Å². The number of hydrogen-bond acceptors (Lipinski definition) is 2. The second-order valence-electron chi connectivity index (χ2n) is 4.16. The second kappa shape index (κ2) is 7.65. The first-order valence-electron chi connectivity index (χ1n) is 6.21. The van der Waals surface area contributed by atoms with Crippen LogP contribution >= 0.6 is 0 Å². The lowest BCUT2D eigenvalue weighted by Crippen LogP contribution is -2.45. The Kier molecular flexibility index (Phi) is 6.44. The number of likely N-dealkylation sites (tertiary alicyclic amines) is 1. The summed E-state index contributed by atoms with van der Waals surface area (Å²) in [5.74, 6) is 5.81. The van der Waals surface area contributed by atoms with Crippen LogP contribution in [0.5, 0.6) is 0 Å². The highest BCUT2D eigenvalue weighted by Gasteiger charge is 2.29. The average molecular weight is 227 g/mol. The summed E-state index contributed by atoms with van der Waals surface area (Å²) in [5.41, 5.74) is 0. The van der Waals surface area contributed by atoms with Crippen molar-refractivity contribution in [2.45, 2.75) is 45.4 Å². The third kappa shape index (κ3) is 4.51. The first kappa shape index (κ1) is 13.5. The van der Waals surface area contributed by atoms with Crippen LogP contribution in [0.2, 0.25) is 0 Å². The smallest absolute Gasteiger partial charge is 0.139 e. The fraction of sp³-hybridized carbons (Fsp3) is 0.846. The normalized spacial score (nSPS) is 26.2. The molecule has 3 heteroatoms. The summed E-state index contributed by atoms with van der Waals surface area (Å²) >= 11 is 0. The fourth-order valence-electron chi connectivity index (χ4n) is 1.98. The molecule has 0 aromatic heterocycles. The molecule has 0 bridgehead atoms. The predicted molar refractivity (Wildman–Crippen MR) is 64.1 cm³/mol. The second-order valence-corrected chi connectivity index (χ2v) is 4.16. The van der Waals surface area contributed by atoms with Crippen molar-refractivity contribution >= 4 is 0 Å². The zero-order valence-corrected chi connectivity index (χ0v) is 10.3. The topological polar surface area (TPSA) is 12.5 Å². The van der Waals surface area contributed by atoms with Gasteiger partial charge in [-0.3, -0.25) is 0 Å². The summed E-state index contributed by atoms with van der Waals surface area (Å²) in [6.07, 6.45) is 1.59. The summed E-state index contributed by atoms with van der Waals surface area (Å²) in [6, 6.07) is 0. The number of nitrogens with zero attached hydrogens (tertiary/aromatic N) is 1. The van der Waals surface area contributed by atoms with Crippen molar-refractivity contribution in [3.05, 3.63) is 0 Å². The molecule has 0 aromatic rings. The van der Waals surface area contributed by atoms with Crippen LogP contribution in [0.3, 0.4) is 0 Å². The number of hydrogen-bond donors (Lipinski definition) is 0. The van der Waals surface area contributed by atoms with E-state index >= 15 is 0 Å². The van der Waals surface area contributed by atoms with Crippen LogP contribution in [0, 0.1) is 11.8 Å². The predicted octanol–water partition coefficient (Wildman–Crippen LogP) is 2.24. The van der Waals surface area contributed by atoms with Gasteiger partial charge in [0.15, 0.2) is 0 Å². The Labute approximate surface area is 98.2 Å². The lowest BCUT2D eigenvalue weighted by atomic mass is 10.1. The molecule has 0 saturated carbocycles. The van der Waals surface area contributed by atoms with Gasteiger partial charge in [0.25, 0.3) is 0 Å². The Morgan fingerprint density at radius 2 is 2.19 bits per heavy atom. The molecule has 0 unspecified atom stereocenters. The molecule has 1 fully saturated rings. The highest BCUT2D eigenvalue weighted by molar-refractivity contribution is 4.98. The minimum Gasteiger partial charge on any atom is -0.362 e. The number of ether oxygens (including phenoxy) is 1. The number of rotatable bonds is 4. The molecule has 1 saturated heterocycles. The molecular formula is C13H22FNO. The van der Waals surface area contributed by atoms with E-state index < -0.39 is 6.17 Å². The minimum atomic E-state index is -0.858. The molecule has 0 radical (unpaired) electrons. The van der Waals surface area contributed by atoms with Gasteiger partial charge in [-0.1, -0.05) is 19.8 Å². The maximum absolute atomic E-state index is 13.7. The van der Waals surface area contributed by atoms with E-state index in [1.54, 1.807) is 0 Å². The van der Waals surface area contributed by atoms with Gasteiger partial charge in [-0.05, 0) is 19.4 Å². The van der Waals surface area contributed by atoms with E-state index in [9.17, 15) is 4.39 Å². The SMILES string of the molecule is CCC#CCO[C@H]1CCN(CCC)C[C@H]1F. The van der Waals surface area contributed by atoms with Gasteiger partial charge >= 0.3 is 0 Å². The molecule has 92 valence electrons. The largest absolute Gasteiger partial charge is 0.362 e. The van der Waals surface area contributed by atoms with Crippen molar-refractivity contribution in [2.24, 2.45) is 0 Å². The summed E-state index contributed by atoms with van der Waals surface area (Å²) in [7, 11) is 0. The van der Waals surface area contributed by atoms with Crippen LogP contribution in [0.25, 0.3) is 0 Å². The van der Waals surface area contributed by atoms with Crippen molar-refractivity contribution < 1.29 is 9.13 Å². The van der Waals surface area contributed by atoms with Crippen LogP contribution in [-0.4, -0.2) is 43.4 Å². The van der Waals surface area contributed by atoms with Crippen LogP contribution < -0.4 is 0 Å². The maximum atomic E-state index is 13.7. The summed E-state index contributed by atoms with van der Waals surface area (Å²) in [4.78, 5) is 2.17. The Hall–Kier alpha value is -0.590. The van der Waals surface area contributed by atoms with Crippen molar-refractivity contribution in [3.63, 3.8) is 0 Å². The molecule has 0 aromatic carbocycles. The number of piperidine rings is 1. The Balaban J connectivity index is 2.24. The summed E-state index contributed by atoms with van der Waals surface area (Å²) in [6.45, 7) is 6.93. The molecule has 0 spiro atoms. The van der Waals surface area contributed by atoms with Crippen LogP contribution in [0.1, 0.15) is 33.1 Å². The van der Waals surface area contributed by atoms with Crippen LogP contribution in [0.15, 0.2) is 0 Å². The molecule has 0 aliphatic carbocycles. The molecule has 2 atom stereocenters. The van der Waals surface area contributed by atoms with Gasteiger partial charge in [0.2, 0.25) is 0 Å². The maximum Gasteiger partial charge on any atom is 0.139 e. The van der Waals surface area contributed by atoms with E-state index in [2.05, 4.69) is 23.7 Å². The zero-order valence-electron chi connectivity index (χ0n) is 10.3. The first-order valence-corrected chi connectivity index (χ1v) is 6.21. The highest BCUT2D eigenvalue weighted by atomic mass is 19.1.